The maximum Gasteiger partial charge on any atom is 0.228 e. The van der Waals surface area contributed by atoms with Crippen molar-refractivity contribution in [3.05, 3.63) is 65.5 Å². The highest BCUT2D eigenvalue weighted by atomic mass is 16.2. The Bertz CT molecular complexity index is 947. The number of amides is 1. The van der Waals surface area contributed by atoms with E-state index in [0.717, 1.165) is 41.5 Å². The number of hydrogen-bond acceptors (Lipinski definition) is 4. The number of hydrogen-bond donors (Lipinski definition) is 1. The fraction of sp³-hybridized carbons (Fsp3) is 0.360. The number of nitrogens with zero attached hydrogens (tertiary/aromatic N) is 2. The lowest BCUT2D eigenvalue weighted by molar-refractivity contribution is -0.117. The van der Waals surface area contributed by atoms with Gasteiger partial charge in [-0.2, -0.15) is 0 Å². The van der Waals surface area contributed by atoms with E-state index in [4.69, 9.17) is 0 Å². The topological polar surface area (TPSA) is 71.4 Å². The molecule has 0 spiro atoms. The first-order chi connectivity index (χ1) is 14.3. The normalized spacial score (nSPS) is 15.0. The minimum Gasteiger partial charge on any atom is -0.310 e. The summed E-state index contributed by atoms with van der Waals surface area (Å²) in [5.74, 6) is 0.701. The standard InChI is InChI=1S/C25H31N3O2/c1-7-10-23(29)18(6)27-17(5)22(9-3)19(8-2)14-21-15-26-24(13-16(21)4)28-25(30)20-11-12-20/h8-9,13-15,20H,2,6-7,10-12H2,1,3-5H3,(H,26,28,30)/b19-14+,22-9+,27-17?. The monoisotopic (exact) mass is 405 g/mol. The Labute approximate surface area is 179 Å². The molecule has 1 heterocycles. The van der Waals surface area contributed by atoms with Gasteiger partial charge in [0.2, 0.25) is 5.91 Å². The second-order valence-corrected chi connectivity index (χ2v) is 7.51. The van der Waals surface area contributed by atoms with Crippen molar-refractivity contribution in [3.63, 3.8) is 0 Å². The Kier molecular flexibility index (Phi) is 8.22. The number of anilines is 1. The van der Waals surface area contributed by atoms with Crippen molar-refractivity contribution in [1.82, 2.24) is 4.98 Å². The van der Waals surface area contributed by atoms with E-state index < -0.39 is 0 Å². The highest BCUT2D eigenvalue weighted by molar-refractivity contribution is 6.07. The molecule has 0 radical (unpaired) electrons. The maximum absolute atomic E-state index is 12.0. The summed E-state index contributed by atoms with van der Waals surface area (Å²) >= 11 is 0. The molecule has 1 aliphatic carbocycles. The van der Waals surface area contributed by atoms with E-state index in [-0.39, 0.29) is 23.3 Å². The summed E-state index contributed by atoms with van der Waals surface area (Å²) in [7, 11) is 0. The lowest BCUT2D eigenvalue weighted by Crippen LogP contribution is -2.14. The van der Waals surface area contributed by atoms with Gasteiger partial charge in [0.1, 0.15) is 5.82 Å². The molecule has 5 nitrogen and oxygen atoms in total. The Balaban J connectivity index is 2.25. The van der Waals surface area contributed by atoms with E-state index in [0.29, 0.717) is 18.0 Å². The quantitative estimate of drug-likeness (QED) is 0.313. The second-order valence-electron chi connectivity index (χ2n) is 7.51. The van der Waals surface area contributed by atoms with E-state index in [1.54, 1.807) is 12.3 Å². The fourth-order valence-electron chi connectivity index (χ4n) is 3.05. The number of aryl methyl sites for hydroxylation is 1. The SMILES string of the molecule is C=CC(=C\c1cnc(NC(=O)C2CC2)cc1C)/C(=C/C)C(C)=NC(=C)C(=O)CCC. The van der Waals surface area contributed by atoms with Crippen LogP contribution in [0, 0.1) is 12.8 Å². The van der Waals surface area contributed by atoms with Crippen LogP contribution >= 0.6 is 0 Å². The molecule has 2 rings (SSSR count). The fourth-order valence-corrected chi connectivity index (χ4v) is 3.05. The number of carbonyl (C=O) groups excluding carboxylic acids is 2. The van der Waals surface area contributed by atoms with E-state index in [1.807, 2.05) is 45.9 Å². The van der Waals surface area contributed by atoms with Gasteiger partial charge in [-0.15, -0.1) is 0 Å². The van der Waals surface area contributed by atoms with Crippen molar-refractivity contribution in [2.45, 2.75) is 53.4 Å². The van der Waals surface area contributed by atoms with Crippen molar-refractivity contribution in [3.8, 4) is 0 Å². The van der Waals surface area contributed by atoms with Crippen LogP contribution < -0.4 is 5.32 Å². The molecule has 30 heavy (non-hydrogen) atoms. The van der Waals surface area contributed by atoms with E-state index >= 15 is 0 Å². The summed E-state index contributed by atoms with van der Waals surface area (Å²) in [6, 6.07) is 1.87. The molecule has 5 heteroatoms. The molecule has 0 saturated heterocycles. The molecular weight excluding hydrogens is 374 g/mol. The lowest BCUT2D eigenvalue weighted by atomic mass is 9.98. The molecule has 1 fully saturated rings. The smallest absolute Gasteiger partial charge is 0.228 e. The third-order valence-electron chi connectivity index (χ3n) is 4.97. The van der Waals surface area contributed by atoms with Crippen LogP contribution in [0.25, 0.3) is 6.08 Å². The minimum atomic E-state index is -0.0414. The van der Waals surface area contributed by atoms with Gasteiger partial charge < -0.3 is 5.32 Å². The third-order valence-corrected chi connectivity index (χ3v) is 4.97. The van der Waals surface area contributed by atoms with Crippen molar-refractivity contribution < 1.29 is 9.59 Å². The van der Waals surface area contributed by atoms with Crippen LogP contribution in [0.4, 0.5) is 5.82 Å². The van der Waals surface area contributed by atoms with E-state index in [2.05, 4.69) is 28.5 Å². The number of allylic oxidation sites excluding steroid dienone is 5. The Morgan fingerprint density at radius 1 is 1.37 bits per heavy atom. The van der Waals surface area contributed by atoms with Crippen LogP contribution in [0.3, 0.4) is 0 Å². The third kappa shape index (κ3) is 6.21. The zero-order chi connectivity index (χ0) is 22.3. The van der Waals surface area contributed by atoms with Crippen LogP contribution in [0.2, 0.25) is 0 Å². The molecule has 1 saturated carbocycles. The predicted molar refractivity (Wildman–Crippen MR) is 124 cm³/mol. The van der Waals surface area contributed by atoms with E-state index in [1.165, 1.54) is 0 Å². The van der Waals surface area contributed by atoms with Crippen LogP contribution in [-0.4, -0.2) is 22.4 Å². The first-order valence-electron chi connectivity index (χ1n) is 10.4. The van der Waals surface area contributed by atoms with Crippen molar-refractivity contribution >= 4 is 29.3 Å². The number of nitrogens with one attached hydrogen (secondary N) is 1. The van der Waals surface area contributed by atoms with Crippen LogP contribution in [0.15, 0.2) is 59.4 Å². The average Bonchev–Trinajstić information content (AvgIpc) is 3.55. The highest BCUT2D eigenvalue weighted by Crippen LogP contribution is 2.30. The molecular formula is C25H31N3O2. The van der Waals surface area contributed by atoms with Gasteiger partial charge in [-0.25, -0.2) is 4.98 Å². The summed E-state index contributed by atoms with van der Waals surface area (Å²) in [5.41, 5.74) is 4.63. The summed E-state index contributed by atoms with van der Waals surface area (Å²) in [6.07, 6.45) is 10.5. The van der Waals surface area contributed by atoms with E-state index in [9.17, 15) is 9.59 Å². The molecule has 1 N–H and O–H groups in total. The second kappa shape index (κ2) is 10.6. The van der Waals surface area contributed by atoms with Gasteiger partial charge in [-0.05, 0) is 74.4 Å². The van der Waals surface area contributed by atoms with Crippen LogP contribution in [-0.2, 0) is 9.59 Å². The van der Waals surface area contributed by atoms with Gasteiger partial charge in [0, 0.05) is 24.2 Å². The van der Waals surface area contributed by atoms with Crippen molar-refractivity contribution in [2.75, 3.05) is 5.32 Å². The molecule has 158 valence electrons. The number of aliphatic imine (C=N–C) groups is 1. The van der Waals surface area contributed by atoms with Gasteiger partial charge >= 0.3 is 0 Å². The van der Waals surface area contributed by atoms with Gasteiger partial charge in [0.05, 0.1) is 5.70 Å². The van der Waals surface area contributed by atoms with Crippen LogP contribution in [0.1, 0.15) is 57.6 Å². The van der Waals surface area contributed by atoms with Gasteiger partial charge in [0.15, 0.2) is 5.78 Å². The number of pyridine rings is 1. The maximum atomic E-state index is 12.0. The number of ketones is 1. The lowest BCUT2D eigenvalue weighted by Gasteiger charge is -2.11. The predicted octanol–water partition coefficient (Wildman–Crippen LogP) is 5.60. The number of Topliss-reactive ketones (excluding diaryl/α,β-unsaturated/α-hetero) is 1. The van der Waals surface area contributed by atoms with Crippen LogP contribution in [0.5, 0.6) is 0 Å². The molecule has 0 aromatic carbocycles. The van der Waals surface area contributed by atoms with Crippen molar-refractivity contribution in [2.24, 2.45) is 10.9 Å². The number of carbonyl (C=O) groups is 2. The molecule has 1 aromatic rings. The Morgan fingerprint density at radius 2 is 2.07 bits per heavy atom. The first-order valence-corrected chi connectivity index (χ1v) is 10.4. The Morgan fingerprint density at radius 3 is 2.60 bits per heavy atom. The number of rotatable bonds is 10. The molecule has 0 aliphatic heterocycles. The number of aromatic nitrogens is 1. The van der Waals surface area contributed by atoms with Gasteiger partial charge in [0.25, 0.3) is 0 Å². The average molecular weight is 406 g/mol. The molecule has 0 atom stereocenters. The summed E-state index contributed by atoms with van der Waals surface area (Å²) in [6.45, 7) is 15.5. The molecule has 0 bridgehead atoms. The summed E-state index contributed by atoms with van der Waals surface area (Å²) in [4.78, 5) is 32.8. The first kappa shape index (κ1) is 23.2. The van der Waals surface area contributed by atoms with Gasteiger partial charge in [-0.1, -0.05) is 32.2 Å². The molecule has 1 amide bonds. The molecule has 0 unspecified atom stereocenters. The molecule has 1 aromatic heterocycles. The van der Waals surface area contributed by atoms with Crippen molar-refractivity contribution in [1.29, 1.82) is 0 Å². The Hall–Kier alpha value is -3.08. The minimum absolute atomic E-state index is 0.0397. The zero-order valence-electron chi connectivity index (χ0n) is 18.4. The largest absolute Gasteiger partial charge is 0.310 e. The highest BCUT2D eigenvalue weighted by Gasteiger charge is 2.29. The van der Waals surface area contributed by atoms with Gasteiger partial charge in [-0.3, -0.25) is 14.6 Å². The zero-order valence-corrected chi connectivity index (χ0v) is 18.4. The molecule has 1 aliphatic rings. The summed E-state index contributed by atoms with van der Waals surface area (Å²) < 4.78 is 0. The summed E-state index contributed by atoms with van der Waals surface area (Å²) in [5, 5.41) is 2.87.